The molecule has 0 spiro atoms. The summed E-state index contributed by atoms with van der Waals surface area (Å²) in [7, 11) is 1.45. The zero-order valence-corrected chi connectivity index (χ0v) is 9.21. The molecule has 0 radical (unpaired) electrons. The highest BCUT2D eigenvalue weighted by molar-refractivity contribution is 5.85. The second-order valence-electron chi connectivity index (χ2n) is 3.31. The molecule has 17 heavy (non-hydrogen) atoms. The Labute approximate surface area is 98.0 Å². The van der Waals surface area contributed by atoms with Crippen molar-refractivity contribution >= 4 is 18.0 Å². The Hall–Kier alpha value is -2.30. The van der Waals surface area contributed by atoms with Crippen molar-refractivity contribution in [2.75, 3.05) is 7.11 Å². The smallest absolute Gasteiger partial charge is 0.328 e. The molecule has 0 bridgehead atoms. The summed E-state index contributed by atoms with van der Waals surface area (Å²) in [5.74, 6) is -1.55. The van der Waals surface area contributed by atoms with Crippen molar-refractivity contribution in [3.05, 3.63) is 35.4 Å². The highest BCUT2D eigenvalue weighted by Crippen LogP contribution is 2.21. The van der Waals surface area contributed by atoms with Gasteiger partial charge in [0, 0.05) is 11.6 Å². The fourth-order valence-corrected chi connectivity index (χ4v) is 1.37. The van der Waals surface area contributed by atoms with E-state index in [-0.39, 0.29) is 6.42 Å². The third kappa shape index (κ3) is 3.98. The van der Waals surface area contributed by atoms with Crippen LogP contribution in [0.2, 0.25) is 0 Å². The number of methoxy groups -OCH3 is 1. The summed E-state index contributed by atoms with van der Waals surface area (Å²) < 4.78 is 5.02. The number of rotatable bonds is 5. The summed E-state index contributed by atoms with van der Waals surface area (Å²) >= 11 is 0. The van der Waals surface area contributed by atoms with E-state index in [2.05, 4.69) is 0 Å². The minimum Gasteiger partial charge on any atom is -0.496 e. The summed E-state index contributed by atoms with van der Waals surface area (Å²) in [6.07, 6.45) is 2.22. The molecule has 0 amide bonds. The standard InChI is InChI=1S/C12H12O5/c1-17-10-4-2-8(3-5-11(13)14)6-9(10)7-12(15)16/h2-6H,7H2,1H3,(H,13,14)(H,15,16). The SMILES string of the molecule is COc1ccc(C=CC(=O)O)cc1CC(=O)O. The summed E-state index contributed by atoms with van der Waals surface area (Å²) in [6, 6.07) is 4.86. The van der Waals surface area contributed by atoms with Crippen LogP contribution in [0.1, 0.15) is 11.1 Å². The van der Waals surface area contributed by atoms with E-state index >= 15 is 0 Å². The van der Waals surface area contributed by atoms with E-state index in [1.807, 2.05) is 0 Å². The van der Waals surface area contributed by atoms with E-state index in [1.165, 1.54) is 13.2 Å². The maximum absolute atomic E-state index is 10.6. The molecule has 0 aromatic heterocycles. The fraction of sp³-hybridized carbons (Fsp3) is 0.167. The molecule has 0 unspecified atom stereocenters. The van der Waals surface area contributed by atoms with Gasteiger partial charge in [0.15, 0.2) is 0 Å². The van der Waals surface area contributed by atoms with Crippen LogP contribution in [0.15, 0.2) is 24.3 Å². The predicted molar refractivity (Wildman–Crippen MR) is 61.0 cm³/mol. The van der Waals surface area contributed by atoms with Crippen molar-refractivity contribution in [2.24, 2.45) is 0 Å². The van der Waals surface area contributed by atoms with Gasteiger partial charge in [0.1, 0.15) is 5.75 Å². The van der Waals surface area contributed by atoms with Crippen molar-refractivity contribution < 1.29 is 24.5 Å². The number of hydrogen-bond acceptors (Lipinski definition) is 3. The number of aliphatic carboxylic acids is 2. The molecule has 1 aromatic carbocycles. The Morgan fingerprint density at radius 3 is 2.59 bits per heavy atom. The van der Waals surface area contributed by atoms with Crippen LogP contribution in [0.5, 0.6) is 5.75 Å². The highest BCUT2D eigenvalue weighted by Gasteiger charge is 2.07. The average molecular weight is 236 g/mol. The number of ether oxygens (including phenoxy) is 1. The molecule has 90 valence electrons. The van der Waals surface area contributed by atoms with Crippen molar-refractivity contribution in [3.8, 4) is 5.75 Å². The van der Waals surface area contributed by atoms with E-state index in [1.54, 1.807) is 18.2 Å². The van der Waals surface area contributed by atoms with Crippen LogP contribution in [0.25, 0.3) is 6.08 Å². The van der Waals surface area contributed by atoms with Gasteiger partial charge in [0.05, 0.1) is 13.5 Å². The van der Waals surface area contributed by atoms with Crippen LogP contribution < -0.4 is 4.74 Å². The number of carboxylic acids is 2. The van der Waals surface area contributed by atoms with Gasteiger partial charge < -0.3 is 14.9 Å². The minimum atomic E-state index is -1.05. The second kappa shape index (κ2) is 5.69. The van der Waals surface area contributed by atoms with Crippen LogP contribution in [-0.4, -0.2) is 29.3 Å². The third-order valence-electron chi connectivity index (χ3n) is 2.06. The first-order valence-corrected chi connectivity index (χ1v) is 4.82. The normalized spacial score (nSPS) is 10.4. The molecule has 0 aliphatic rings. The van der Waals surface area contributed by atoms with E-state index in [4.69, 9.17) is 14.9 Å². The Kier molecular flexibility index (Phi) is 4.28. The van der Waals surface area contributed by atoms with Crippen LogP contribution in [0.4, 0.5) is 0 Å². The Morgan fingerprint density at radius 1 is 1.35 bits per heavy atom. The molecule has 0 aliphatic carbocycles. The zero-order valence-electron chi connectivity index (χ0n) is 9.21. The first kappa shape index (κ1) is 12.8. The van der Waals surface area contributed by atoms with Crippen LogP contribution in [0.3, 0.4) is 0 Å². The van der Waals surface area contributed by atoms with Crippen LogP contribution in [0, 0.1) is 0 Å². The van der Waals surface area contributed by atoms with Gasteiger partial charge in [-0.05, 0) is 23.8 Å². The molecular weight excluding hydrogens is 224 g/mol. The highest BCUT2D eigenvalue weighted by atomic mass is 16.5. The van der Waals surface area contributed by atoms with Crippen LogP contribution >= 0.6 is 0 Å². The molecule has 0 aliphatic heterocycles. The maximum atomic E-state index is 10.6. The Bertz CT molecular complexity index is 462. The molecule has 1 rings (SSSR count). The van der Waals surface area contributed by atoms with Crippen molar-refractivity contribution in [1.82, 2.24) is 0 Å². The monoisotopic (exact) mass is 236 g/mol. The molecule has 5 heteroatoms. The van der Waals surface area contributed by atoms with Crippen molar-refractivity contribution in [3.63, 3.8) is 0 Å². The Balaban J connectivity index is 3.03. The van der Waals surface area contributed by atoms with E-state index < -0.39 is 11.9 Å². The first-order chi connectivity index (χ1) is 8.02. The van der Waals surface area contributed by atoms with Gasteiger partial charge in [0.25, 0.3) is 0 Å². The lowest BCUT2D eigenvalue weighted by Crippen LogP contribution is -2.02. The van der Waals surface area contributed by atoms with Gasteiger partial charge in [-0.25, -0.2) is 4.79 Å². The number of carbonyl (C=O) groups is 2. The zero-order chi connectivity index (χ0) is 12.8. The molecule has 0 saturated heterocycles. The average Bonchev–Trinajstić information content (AvgIpc) is 2.25. The molecule has 1 aromatic rings. The molecule has 0 saturated carbocycles. The molecule has 0 fully saturated rings. The molecular formula is C12H12O5. The minimum absolute atomic E-state index is 0.169. The van der Waals surface area contributed by atoms with Crippen molar-refractivity contribution in [1.29, 1.82) is 0 Å². The topological polar surface area (TPSA) is 83.8 Å². The molecule has 0 heterocycles. The van der Waals surface area contributed by atoms with E-state index in [0.29, 0.717) is 16.9 Å². The second-order valence-corrected chi connectivity index (χ2v) is 3.31. The maximum Gasteiger partial charge on any atom is 0.328 e. The van der Waals surface area contributed by atoms with Crippen molar-refractivity contribution in [2.45, 2.75) is 6.42 Å². The summed E-state index contributed by atoms with van der Waals surface area (Å²) in [6.45, 7) is 0. The predicted octanol–water partition coefficient (Wildman–Crippen LogP) is 1.42. The lowest BCUT2D eigenvalue weighted by atomic mass is 10.1. The fourth-order valence-electron chi connectivity index (χ4n) is 1.37. The third-order valence-corrected chi connectivity index (χ3v) is 2.06. The summed E-state index contributed by atoms with van der Waals surface area (Å²) in [5, 5.41) is 17.2. The van der Waals surface area contributed by atoms with E-state index in [0.717, 1.165) is 6.08 Å². The number of benzene rings is 1. The Morgan fingerprint density at radius 2 is 2.06 bits per heavy atom. The first-order valence-electron chi connectivity index (χ1n) is 4.82. The lowest BCUT2D eigenvalue weighted by Gasteiger charge is -2.07. The van der Waals surface area contributed by atoms with Gasteiger partial charge in [-0.1, -0.05) is 6.07 Å². The largest absolute Gasteiger partial charge is 0.496 e. The van der Waals surface area contributed by atoms with Gasteiger partial charge >= 0.3 is 11.9 Å². The summed E-state index contributed by atoms with van der Waals surface area (Å²) in [5.41, 5.74) is 1.12. The molecule has 5 nitrogen and oxygen atoms in total. The lowest BCUT2D eigenvalue weighted by molar-refractivity contribution is -0.136. The molecule has 2 N–H and O–H groups in total. The van der Waals surface area contributed by atoms with Gasteiger partial charge in [-0.3, -0.25) is 4.79 Å². The molecule has 0 atom stereocenters. The van der Waals surface area contributed by atoms with Gasteiger partial charge in [0.2, 0.25) is 0 Å². The van der Waals surface area contributed by atoms with E-state index in [9.17, 15) is 9.59 Å². The quantitative estimate of drug-likeness (QED) is 0.755. The van der Waals surface area contributed by atoms with Crippen LogP contribution in [-0.2, 0) is 16.0 Å². The van der Waals surface area contributed by atoms with Gasteiger partial charge in [-0.2, -0.15) is 0 Å². The number of hydrogen-bond donors (Lipinski definition) is 2. The summed E-state index contributed by atoms with van der Waals surface area (Å²) in [4.78, 5) is 21.0. The number of carboxylic acid groups (broad SMARTS) is 2. The van der Waals surface area contributed by atoms with Gasteiger partial charge in [-0.15, -0.1) is 0 Å².